The number of guanidine groups is 1. The number of primary amides is 1. The van der Waals surface area contributed by atoms with Crippen molar-refractivity contribution in [1.82, 2.24) is 47.4 Å². The van der Waals surface area contributed by atoms with Crippen LogP contribution in [0.5, 0.6) is 11.5 Å². The lowest BCUT2D eigenvalue weighted by Gasteiger charge is -2.32. The predicted molar refractivity (Wildman–Crippen MR) is 340 cm³/mol. The van der Waals surface area contributed by atoms with Crippen LogP contribution in [0, 0.1) is 5.92 Å². The van der Waals surface area contributed by atoms with E-state index in [1.54, 1.807) is 51.1 Å². The Kier molecular flexibility index (Phi) is 30.7. The summed E-state index contributed by atoms with van der Waals surface area (Å²) < 4.78 is 0. The lowest BCUT2D eigenvalue weighted by Crippen LogP contribution is -2.61. The van der Waals surface area contributed by atoms with Gasteiger partial charge in [-0.15, -0.1) is 0 Å². The smallest absolute Gasteiger partial charge is 0.327 e. The molecule has 1 fully saturated rings. The average molecular weight is 1290 g/mol. The minimum Gasteiger partial charge on any atom is -0.508 e. The minimum atomic E-state index is -1.56. The lowest BCUT2D eigenvalue weighted by molar-refractivity contribution is -0.142. The predicted octanol–water partition coefficient (Wildman–Crippen LogP) is -1.57. The fraction of sp³-hybridized carbons (Fsp3) is 0.500. The molecule has 90 heavy (non-hydrogen) atoms. The Morgan fingerprint density at radius 2 is 1.04 bits per heavy atom. The molecule has 3 aromatic rings. The van der Waals surface area contributed by atoms with Crippen molar-refractivity contribution in [1.29, 1.82) is 0 Å². The molecule has 10 amide bonds. The van der Waals surface area contributed by atoms with E-state index in [1.807, 2.05) is 0 Å². The van der Waals surface area contributed by atoms with Gasteiger partial charge in [0.2, 0.25) is 59.1 Å². The van der Waals surface area contributed by atoms with E-state index in [2.05, 4.69) is 72.8 Å². The number of hydrogen-bond donors (Lipinski definition) is 17. The van der Waals surface area contributed by atoms with Crippen LogP contribution in [0.3, 0.4) is 0 Å². The van der Waals surface area contributed by atoms with Crippen LogP contribution in [0.1, 0.15) is 95.2 Å². The highest BCUT2D eigenvalue weighted by Gasteiger charge is 2.41. The Bertz CT molecular complexity index is 2960. The van der Waals surface area contributed by atoms with E-state index in [0.717, 1.165) is 0 Å². The highest BCUT2D eigenvalue weighted by atomic mass is 32.1. The number of amides is 10. The summed E-state index contributed by atoms with van der Waals surface area (Å²) >= 11 is 8.08. The number of nitrogens with two attached hydrogens (primary N) is 4. The number of nitrogens with zero attached hydrogens (tertiary/aromatic N) is 2. The zero-order valence-corrected chi connectivity index (χ0v) is 52.4. The molecule has 0 saturated carbocycles. The summed E-state index contributed by atoms with van der Waals surface area (Å²) in [6, 6.07) is 6.65. The Hall–Kier alpha value is -8.64. The second kappa shape index (κ2) is 37.4. The van der Waals surface area contributed by atoms with Crippen molar-refractivity contribution < 1.29 is 68.1 Å². The Balaban J connectivity index is 1.69. The number of phenolic OH excluding ortho intramolecular Hbond substituents is 2. The number of thiol groups is 2. The third-order valence-electron chi connectivity index (χ3n) is 15.0. The van der Waals surface area contributed by atoms with Crippen molar-refractivity contribution in [2.75, 3.05) is 24.6 Å². The highest BCUT2D eigenvalue weighted by Crippen LogP contribution is 2.22. The average Bonchev–Trinajstić information content (AvgIpc) is 1.61. The topological polar surface area (TPSA) is 464 Å². The third kappa shape index (κ3) is 24.0. The zero-order valence-electron chi connectivity index (χ0n) is 50.6. The van der Waals surface area contributed by atoms with Crippen LogP contribution in [0.2, 0.25) is 0 Å². The van der Waals surface area contributed by atoms with Crippen molar-refractivity contribution in [3.63, 3.8) is 0 Å². The van der Waals surface area contributed by atoms with Crippen molar-refractivity contribution in [2.45, 2.75) is 158 Å². The molecule has 492 valence electrons. The molecule has 28 nitrogen and oxygen atoms in total. The molecule has 1 heterocycles. The van der Waals surface area contributed by atoms with Gasteiger partial charge in [-0.25, -0.2) is 4.79 Å². The maximum Gasteiger partial charge on any atom is 0.327 e. The van der Waals surface area contributed by atoms with E-state index < -0.39 is 138 Å². The SMILES string of the molecule is CCC[C@H](NC(=O)[C@@H](NC(=O)[C@H](Cc1ccc(O)cc1)NC(=O)[C@@H]1CCCN1C(=O)[C@H](Cc1ccccc1)NC(=O)[C@H](Cc1ccc(O)cc1)NC(=O)[C@H](CCC(N)=O)NC(=O)[C@H](CCCN=C(N)N)NC(=O)[C@@H](N)CS)[C@@H](C)CC)C(=O)N[C@@H](CS)C(=O)O. The second-order valence-corrected chi connectivity index (χ2v) is 22.7. The molecule has 0 spiro atoms. The van der Waals surface area contributed by atoms with Gasteiger partial charge >= 0.3 is 5.97 Å². The minimum absolute atomic E-state index is 0.0160. The third-order valence-corrected chi connectivity index (χ3v) is 15.7. The monoisotopic (exact) mass is 1290 g/mol. The molecule has 19 N–H and O–H groups in total. The van der Waals surface area contributed by atoms with E-state index in [1.165, 1.54) is 53.4 Å². The van der Waals surface area contributed by atoms with Gasteiger partial charge in [0.25, 0.3) is 0 Å². The molecule has 0 aromatic heterocycles. The first-order chi connectivity index (χ1) is 42.8. The molecule has 11 atom stereocenters. The normalized spacial score (nSPS) is 16.1. The van der Waals surface area contributed by atoms with Gasteiger partial charge in [-0.1, -0.05) is 88.2 Å². The number of phenols is 2. The van der Waals surface area contributed by atoms with Crippen LogP contribution in [-0.4, -0.2) is 176 Å². The number of nitrogens with one attached hydrogen (secondary N) is 8. The van der Waals surface area contributed by atoms with Gasteiger partial charge < -0.3 is 85.7 Å². The number of benzene rings is 3. The van der Waals surface area contributed by atoms with Gasteiger partial charge in [0.15, 0.2) is 5.96 Å². The summed E-state index contributed by atoms with van der Waals surface area (Å²) in [6.45, 7) is 5.31. The summed E-state index contributed by atoms with van der Waals surface area (Å²) in [4.78, 5) is 157. The van der Waals surface area contributed by atoms with Crippen molar-refractivity contribution in [3.8, 4) is 11.5 Å². The van der Waals surface area contributed by atoms with Gasteiger partial charge in [0, 0.05) is 50.3 Å². The lowest BCUT2D eigenvalue weighted by atomic mass is 9.96. The Labute approximate surface area is 533 Å². The maximum atomic E-state index is 15.2. The van der Waals surface area contributed by atoms with Gasteiger partial charge in [0.1, 0.15) is 65.9 Å². The first kappa shape index (κ1) is 73.8. The van der Waals surface area contributed by atoms with E-state index in [4.69, 9.17) is 22.9 Å². The summed E-state index contributed by atoms with van der Waals surface area (Å²) in [6.07, 6.45) is 0.0466. The summed E-state index contributed by atoms with van der Waals surface area (Å²) in [7, 11) is 0. The van der Waals surface area contributed by atoms with Crippen molar-refractivity contribution >= 4 is 96.3 Å². The van der Waals surface area contributed by atoms with Crippen LogP contribution >= 0.6 is 25.3 Å². The molecule has 0 bridgehead atoms. The van der Waals surface area contributed by atoms with Gasteiger partial charge in [-0.2, -0.15) is 25.3 Å². The Morgan fingerprint density at radius 3 is 1.57 bits per heavy atom. The van der Waals surface area contributed by atoms with Gasteiger partial charge in [0.05, 0.1) is 6.04 Å². The van der Waals surface area contributed by atoms with E-state index in [9.17, 15) is 63.3 Å². The Morgan fingerprint density at radius 1 is 0.578 bits per heavy atom. The number of carboxylic acid groups (broad SMARTS) is 1. The first-order valence-corrected chi connectivity index (χ1v) is 30.9. The fourth-order valence-electron chi connectivity index (χ4n) is 9.71. The standard InChI is InChI=1S/C60H86N14O14S2/c1-4-11-40(51(79)72-46(32-90)59(87)88)68-57(85)49(33(3)5-2)73-55(83)44(29-36-18-22-38(76)23-19-36)70-56(84)47-15-10-27-74(47)58(86)45(30-34-12-7-6-8-13-34)71-54(82)43(28-35-16-20-37(75)21-17-35)69-53(81)42(24-25-48(62)77)67-52(80)41(14-9-26-65-60(63)64)66-50(78)39(61)31-89/h6-8,12-13,16-23,33,39-47,49,75-76,89-90H,4-5,9-11,14-15,24-32,61H2,1-3H3,(H2,62,77)(H,66,78)(H,67,80)(H,68,85)(H,69,81)(H,70,84)(H,71,82)(H,72,79)(H,73,83)(H,87,88)(H4,63,64,65)/t33-,39-,40-,41-,42-,43-,44-,45-,46-,47-,49-/m0/s1. The molecule has 0 aliphatic carbocycles. The van der Waals surface area contributed by atoms with Crippen LogP contribution in [0.15, 0.2) is 83.9 Å². The van der Waals surface area contributed by atoms with Crippen molar-refractivity contribution in [3.05, 3.63) is 95.6 Å². The fourth-order valence-corrected chi connectivity index (χ4v) is 10.1. The summed E-state index contributed by atoms with van der Waals surface area (Å²) in [5, 5.41) is 50.9. The van der Waals surface area contributed by atoms with E-state index >= 15 is 4.79 Å². The quantitative estimate of drug-likeness (QED) is 0.0134. The van der Waals surface area contributed by atoms with Crippen LogP contribution in [0.25, 0.3) is 0 Å². The number of aliphatic carboxylic acids is 1. The largest absolute Gasteiger partial charge is 0.508 e. The number of carboxylic acids is 1. The molecule has 0 unspecified atom stereocenters. The first-order valence-electron chi connectivity index (χ1n) is 29.7. The van der Waals surface area contributed by atoms with E-state index in [-0.39, 0.29) is 93.4 Å². The van der Waals surface area contributed by atoms with Crippen LogP contribution in [-0.2, 0) is 72.0 Å². The molecule has 30 heteroatoms. The molecule has 1 aliphatic heterocycles. The molecule has 0 radical (unpaired) electrons. The number of hydrogen-bond acceptors (Lipinski definition) is 17. The van der Waals surface area contributed by atoms with Crippen molar-refractivity contribution in [2.24, 2.45) is 33.8 Å². The van der Waals surface area contributed by atoms with Crippen LogP contribution < -0.4 is 65.5 Å². The molecular formula is C60H86N14O14S2. The number of carbonyl (C=O) groups excluding carboxylic acids is 10. The van der Waals surface area contributed by atoms with Crippen LogP contribution in [0.4, 0.5) is 0 Å². The van der Waals surface area contributed by atoms with Gasteiger partial charge in [-0.05, 0) is 85.4 Å². The molecule has 1 saturated heterocycles. The second-order valence-electron chi connectivity index (χ2n) is 22.0. The molecule has 3 aromatic carbocycles. The summed E-state index contributed by atoms with van der Waals surface area (Å²) in [5.74, 6) is -10.8. The maximum absolute atomic E-state index is 15.2. The number of aromatic hydroxyl groups is 2. The zero-order chi connectivity index (χ0) is 66.6. The van der Waals surface area contributed by atoms with E-state index in [0.29, 0.717) is 36.0 Å². The number of aliphatic imine (C=N–C) groups is 1. The summed E-state index contributed by atoms with van der Waals surface area (Å²) in [5.41, 5.74) is 23.8. The van der Waals surface area contributed by atoms with Gasteiger partial charge in [-0.3, -0.25) is 52.9 Å². The molecule has 4 rings (SSSR count). The highest BCUT2D eigenvalue weighted by molar-refractivity contribution is 7.80. The molecule has 1 aliphatic rings. The number of likely N-dealkylation sites (tertiary alicyclic amines) is 1. The number of rotatable bonds is 37. The number of carbonyl (C=O) groups is 11. The molecular weight excluding hydrogens is 1200 g/mol.